The van der Waals surface area contributed by atoms with Crippen LogP contribution in [0, 0.1) is 3.57 Å². The molecule has 0 radical (unpaired) electrons. The topological polar surface area (TPSA) is 52.3 Å². The Morgan fingerprint density at radius 2 is 2.31 bits per heavy atom. The lowest BCUT2D eigenvalue weighted by Gasteiger charge is -2.04. The lowest BCUT2D eigenvalue weighted by Crippen LogP contribution is -2.06. The Labute approximate surface area is 90.4 Å². The average Bonchev–Trinajstić information content (AvgIpc) is 2.13. The number of nitrogens with two attached hydrogens (primary N) is 1. The molecule has 0 aliphatic heterocycles. The van der Waals surface area contributed by atoms with Gasteiger partial charge >= 0.3 is 5.97 Å². The third-order valence-corrected chi connectivity index (χ3v) is 2.99. The highest BCUT2D eigenvalue weighted by molar-refractivity contribution is 14.1. The van der Waals surface area contributed by atoms with Crippen LogP contribution < -0.4 is 5.73 Å². The second-order valence-electron chi connectivity index (χ2n) is 2.57. The normalized spacial score (nSPS) is 9.69. The molecule has 4 heteroatoms. The first-order valence-corrected chi connectivity index (χ1v) is 4.82. The summed E-state index contributed by atoms with van der Waals surface area (Å²) >= 11 is 2.12. The third-order valence-electron chi connectivity index (χ3n) is 1.67. The molecule has 0 unspecified atom stereocenters. The number of hydrogen-bond donors (Lipinski definition) is 1. The van der Waals surface area contributed by atoms with Crippen LogP contribution in [0.2, 0.25) is 0 Å². The van der Waals surface area contributed by atoms with Gasteiger partial charge < -0.3 is 10.5 Å². The minimum atomic E-state index is -0.247. The Bertz CT molecular complexity index is 325. The van der Waals surface area contributed by atoms with E-state index in [1.807, 2.05) is 18.2 Å². The average molecular weight is 291 g/mol. The van der Waals surface area contributed by atoms with Crippen molar-refractivity contribution in [1.82, 2.24) is 0 Å². The molecular formula is C9H10INO2. The summed E-state index contributed by atoms with van der Waals surface area (Å²) in [5.74, 6) is -0.247. The zero-order valence-electron chi connectivity index (χ0n) is 7.21. The van der Waals surface area contributed by atoms with Crippen molar-refractivity contribution in [2.75, 3.05) is 12.8 Å². The van der Waals surface area contributed by atoms with Crippen molar-refractivity contribution in [1.29, 1.82) is 0 Å². The van der Waals surface area contributed by atoms with E-state index in [0.717, 1.165) is 9.13 Å². The smallest absolute Gasteiger partial charge is 0.310 e. The van der Waals surface area contributed by atoms with Gasteiger partial charge in [-0.1, -0.05) is 12.1 Å². The molecule has 1 aromatic carbocycles. The van der Waals surface area contributed by atoms with Crippen molar-refractivity contribution in [3.8, 4) is 0 Å². The van der Waals surface area contributed by atoms with Crippen LogP contribution >= 0.6 is 22.6 Å². The molecule has 0 bridgehead atoms. The molecule has 0 saturated carbocycles. The third kappa shape index (κ3) is 2.58. The number of ether oxygens (including phenoxy) is 1. The maximum Gasteiger partial charge on any atom is 0.310 e. The number of methoxy groups -OCH3 is 1. The van der Waals surface area contributed by atoms with Crippen molar-refractivity contribution >= 4 is 34.2 Å². The Hall–Kier alpha value is -0.780. The van der Waals surface area contributed by atoms with Gasteiger partial charge in [0.05, 0.1) is 13.5 Å². The number of carbonyl (C=O) groups excluding carboxylic acids is 1. The molecule has 0 saturated heterocycles. The van der Waals surface area contributed by atoms with Crippen LogP contribution in [0.3, 0.4) is 0 Å². The predicted molar refractivity (Wildman–Crippen MR) is 59.3 cm³/mol. The van der Waals surface area contributed by atoms with E-state index in [2.05, 4.69) is 27.3 Å². The number of halogens is 1. The molecule has 1 rings (SSSR count). The Kier molecular flexibility index (Phi) is 3.53. The van der Waals surface area contributed by atoms with Crippen LogP contribution in [0.25, 0.3) is 0 Å². The van der Waals surface area contributed by atoms with E-state index in [4.69, 9.17) is 5.73 Å². The summed E-state index contributed by atoms with van der Waals surface area (Å²) in [5, 5.41) is 0. The molecule has 0 heterocycles. The summed E-state index contributed by atoms with van der Waals surface area (Å²) in [6.07, 6.45) is 0.278. The number of anilines is 1. The summed E-state index contributed by atoms with van der Waals surface area (Å²) < 4.78 is 5.49. The molecule has 0 spiro atoms. The number of hydrogen-bond acceptors (Lipinski definition) is 3. The molecule has 3 nitrogen and oxygen atoms in total. The van der Waals surface area contributed by atoms with E-state index < -0.39 is 0 Å². The highest BCUT2D eigenvalue weighted by atomic mass is 127. The Balaban J connectivity index is 2.89. The highest BCUT2D eigenvalue weighted by Crippen LogP contribution is 2.19. The standard InChI is InChI=1S/C9H10INO2/c1-13-8(12)5-6-3-2-4-7(11)9(6)10/h2-4H,5,11H2,1H3. The molecule has 1 aromatic rings. The highest BCUT2D eigenvalue weighted by Gasteiger charge is 2.07. The van der Waals surface area contributed by atoms with Gasteiger partial charge in [-0.15, -0.1) is 0 Å². The van der Waals surface area contributed by atoms with Gasteiger partial charge in [-0.05, 0) is 34.2 Å². The van der Waals surface area contributed by atoms with Gasteiger partial charge in [0.1, 0.15) is 0 Å². The monoisotopic (exact) mass is 291 g/mol. The van der Waals surface area contributed by atoms with E-state index in [9.17, 15) is 4.79 Å². The van der Waals surface area contributed by atoms with Crippen LogP contribution in [-0.4, -0.2) is 13.1 Å². The maximum atomic E-state index is 11.0. The molecule has 0 aliphatic carbocycles. The largest absolute Gasteiger partial charge is 0.469 e. The van der Waals surface area contributed by atoms with Gasteiger partial charge in [0.15, 0.2) is 0 Å². The minimum absolute atomic E-state index is 0.247. The number of carbonyl (C=O) groups is 1. The van der Waals surface area contributed by atoms with Crippen molar-refractivity contribution < 1.29 is 9.53 Å². The van der Waals surface area contributed by atoms with E-state index in [-0.39, 0.29) is 12.4 Å². The first-order chi connectivity index (χ1) is 6.15. The van der Waals surface area contributed by atoms with Crippen LogP contribution in [0.15, 0.2) is 18.2 Å². The summed E-state index contributed by atoms with van der Waals surface area (Å²) in [6, 6.07) is 5.51. The number of rotatable bonds is 2. The molecule has 2 N–H and O–H groups in total. The van der Waals surface area contributed by atoms with Crippen LogP contribution in [0.1, 0.15) is 5.56 Å². The predicted octanol–water partition coefficient (Wildman–Crippen LogP) is 1.59. The van der Waals surface area contributed by atoms with Crippen LogP contribution in [-0.2, 0) is 16.0 Å². The van der Waals surface area contributed by atoms with Gasteiger partial charge in [-0.25, -0.2) is 0 Å². The fourth-order valence-corrected chi connectivity index (χ4v) is 1.51. The fourth-order valence-electron chi connectivity index (χ4n) is 0.964. The number of benzene rings is 1. The fraction of sp³-hybridized carbons (Fsp3) is 0.222. The second kappa shape index (κ2) is 4.45. The van der Waals surface area contributed by atoms with E-state index in [0.29, 0.717) is 5.69 Å². The summed E-state index contributed by atoms with van der Waals surface area (Å²) in [7, 11) is 1.38. The second-order valence-corrected chi connectivity index (χ2v) is 3.65. The molecule has 0 amide bonds. The first kappa shape index (κ1) is 10.3. The number of esters is 1. The van der Waals surface area contributed by atoms with Crippen molar-refractivity contribution in [3.63, 3.8) is 0 Å². The SMILES string of the molecule is COC(=O)Cc1cccc(N)c1I. The van der Waals surface area contributed by atoms with Crippen molar-refractivity contribution in [3.05, 3.63) is 27.3 Å². The summed E-state index contributed by atoms with van der Waals surface area (Å²) in [5.41, 5.74) is 7.28. The van der Waals surface area contributed by atoms with Gasteiger partial charge in [-0.2, -0.15) is 0 Å². The lowest BCUT2D eigenvalue weighted by molar-refractivity contribution is -0.139. The minimum Gasteiger partial charge on any atom is -0.469 e. The van der Waals surface area contributed by atoms with Crippen LogP contribution in [0.5, 0.6) is 0 Å². The van der Waals surface area contributed by atoms with E-state index in [1.54, 1.807) is 0 Å². The van der Waals surface area contributed by atoms with Gasteiger partial charge in [0, 0.05) is 9.26 Å². The summed E-state index contributed by atoms with van der Waals surface area (Å²) in [6.45, 7) is 0. The number of nitrogen functional groups attached to an aromatic ring is 1. The Morgan fingerprint density at radius 1 is 1.62 bits per heavy atom. The molecule has 0 aromatic heterocycles. The van der Waals surface area contributed by atoms with Crippen molar-refractivity contribution in [2.24, 2.45) is 0 Å². The van der Waals surface area contributed by atoms with Gasteiger partial charge in [0.25, 0.3) is 0 Å². The van der Waals surface area contributed by atoms with E-state index in [1.165, 1.54) is 7.11 Å². The van der Waals surface area contributed by atoms with Crippen LogP contribution in [0.4, 0.5) is 5.69 Å². The molecule has 70 valence electrons. The maximum absolute atomic E-state index is 11.0. The van der Waals surface area contributed by atoms with Crippen molar-refractivity contribution in [2.45, 2.75) is 6.42 Å². The van der Waals surface area contributed by atoms with Gasteiger partial charge in [0.2, 0.25) is 0 Å². The molecule has 0 fully saturated rings. The first-order valence-electron chi connectivity index (χ1n) is 3.75. The molecule has 0 atom stereocenters. The lowest BCUT2D eigenvalue weighted by atomic mass is 10.1. The van der Waals surface area contributed by atoms with E-state index >= 15 is 0 Å². The van der Waals surface area contributed by atoms with Gasteiger partial charge in [-0.3, -0.25) is 4.79 Å². The molecular weight excluding hydrogens is 281 g/mol. The quantitative estimate of drug-likeness (QED) is 0.511. The molecule has 0 aliphatic rings. The zero-order valence-corrected chi connectivity index (χ0v) is 9.37. The molecule has 13 heavy (non-hydrogen) atoms. The summed E-state index contributed by atoms with van der Waals surface area (Å²) in [4.78, 5) is 11.0. The Morgan fingerprint density at radius 3 is 2.92 bits per heavy atom. The zero-order chi connectivity index (χ0) is 9.84.